The third-order valence-electron chi connectivity index (χ3n) is 3.34. The summed E-state index contributed by atoms with van der Waals surface area (Å²) in [5.41, 5.74) is 2.39. The lowest BCUT2D eigenvalue weighted by atomic mass is 10.1. The Balaban J connectivity index is 1.97. The highest BCUT2D eigenvalue weighted by atomic mass is 16.8. The molecule has 0 bridgehead atoms. The zero-order valence-corrected chi connectivity index (χ0v) is 11.9. The fourth-order valence-corrected chi connectivity index (χ4v) is 2.22. The van der Waals surface area contributed by atoms with Gasteiger partial charge in [-0.15, -0.1) is 0 Å². The van der Waals surface area contributed by atoms with Gasteiger partial charge in [-0.05, 0) is 30.3 Å². The average Bonchev–Trinajstić information content (AvgIpc) is 3.04. The van der Waals surface area contributed by atoms with Gasteiger partial charge in [0.15, 0.2) is 0 Å². The third-order valence-corrected chi connectivity index (χ3v) is 3.34. The van der Waals surface area contributed by atoms with E-state index in [2.05, 4.69) is 5.10 Å². The second kappa shape index (κ2) is 5.88. The molecule has 3 rings (SSSR count). The van der Waals surface area contributed by atoms with Crippen LogP contribution in [0.15, 0.2) is 60.9 Å². The highest BCUT2D eigenvalue weighted by Gasteiger charge is 2.08. The largest absolute Gasteiger partial charge is 0.733 e. The molecule has 0 atom stereocenters. The SMILES string of the molecule is COc1ccc(-n2cc(-c3ccccc3N([O-])O)cn2)cc1. The molecule has 0 aliphatic carbocycles. The van der Waals surface area contributed by atoms with Crippen molar-refractivity contribution < 1.29 is 9.94 Å². The fraction of sp³-hybridized carbons (Fsp3) is 0.0625. The van der Waals surface area contributed by atoms with E-state index in [9.17, 15) is 10.4 Å². The number of aromatic nitrogens is 2. The number of para-hydroxylation sites is 1. The number of benzene rings is 2. The van der Waals surface area contributed by atoms with Crippen molar-refractivity contribution in [3.63, 3.8) is 0 Å². The average molecular weight is 296 g/mol. The molecular weight excluding hydrogens is 282 g/mol. The fourth-order valence-electron chi connectivity index (χ4n) is 2.22. The normalized spacial score (nSPS) is 10.5. The lowest BCUT2D eigenvalue weighted by Gasteiger charge is -2.24. The van der Waals surface area contributed by atoms with Crippen LogP contribution in [0, 0.1) is 5.21 Å². The minimum absolute atomic E-state index is 0.139. The summed E-state index contributed by atoms with van der Waals surface area (Å²) in [5, 5.41) is 24.6. The van der Waals surface area contributed by atoms with Crippen LogP contribution in [0.1, 0.15) is 0 Å². The van der Waals surface area contributed by atoms with E-state index in [1.807, 2.05) is 24.3 Å². The number of anilines is 1. The molecule has 0 aliphatic heterocycles. The van der Waals surface area contributed by atoms with Gasteiger partial charge in [-0.3, -0.25) is 5.21 Å². The Bertz CT molecular complexity index is 766. The smallest absolute Gasteiger partial charge is 0.119 e. The molecule has 2 aromatic carbocycles. The molecule has 0 aliphatic rings. The lowest BCUT2D eigenvalue weighted by molar-refractivity contribution is 0.297. The Morgan fingerprint density at radius 3 is 2.55 bits per heavy atom. The summed E-state index contributed by atoms with van der Waals surface area (Å²) >= 11 is 0. The number of methoxy groups -OCH3 is 1. The number of nitrogens with zero attached hydrogens (tertiary/aromatic N) is 3. The van der Waals surface area contributed by atoms with E-state index in [1.54, 1.807) is 48.5 Å². The van der Waals surface area contributed by atoms with E-state index in [0.717, 1.165) is 17.0 Å². The zero-order valence-electron chi connectivity index (χ0n) is 11.9. The van der Waals surface area contributed by atoms with Crippen LogP contribution in [0.4, 0.5) is 5.69 Å². The molecule has 1 N–H and O–H groups in total. The molecule has 1 heterocycles. The van der Waals surface area contributed by atoms with Gasteiger partial charge in [-0.1, -0.05) is 18.2 Å². The van der Waals surface area contributed by atoms with Crippen molar-refractivity contribution in [3.05, 3.63) is 66.1 Å². The molecule has 0 fully saturated rings. The van der Waals surface area contributed by atoms with Gasteiger partial charge >= 0.3 is 0 Å². The zero-order chi connectivity index (χ0) is 15.5. The van der Waals surface area contributed by atoms with Crippen molar-refractivity contribution in [2.24, 2.45) is 0 Å². The van der Waals surface area contributed by atoms with Crippen LogP contribution in [0.3, 0.4) is 0 Å². The minimum Gasteiger partial charge on any atom is -0.733 e. The van der Waals surface area contributed by atoms with Gasteiger partial charge in [-0.25, -0.2) is 4.68 Å². The summed E-state index contributed by atoms with van der Waals surface area (Å²) in [7, 11) is 1.61. The molecule has 1 aromatic heterocycles. The Morgan fingerprint density at radius 2 is 1.86 bits per heavy atom. The van der Waals surface area contributed by atoms with Crippen molar-refractivity contribution in [2.75, 3.05) is 12.3 Å². The molecular formula is C16H14N3O3-. The summed E-state index contributed by atoms with van der Waals surface area (Å²) < 4.78 is 6.82. The molecule has 0 saturated heterocycles. The van der Waals surface area contributed by atoms with Gasteiger partial charge in [0.05, 0.1) is 24.7 Å². The van der Waals surface area contributed by atoms with E-state index in [4.69, 9.17) is 4.74 Å². The van der Waals surface area contributed by atoms with Crippen LogP contribution in [0.2, 0.25) is 0 Å². The van der Waals surface area contributed by atoms with Crippen LogP contribution in [-0.4, -0.2) is 22.1 Å². The van der Waals surface area contributed by atoms with Crippen molar-refractivity contribution in [2.45, 2.75) is 0 Å². The summed E-state index contributed by atoms with van der Waals surface area (Å²) in [5.74, 6) is 0.767. The van der Waals surface area contributed by atoms with Gasteiger partial charge in [0.1, 0.15) is 5.75 Å². The predicted molar refractivity (Wildman–Crippen MR) is 83.2 cm³/mol. The molecule has 0 saturated carbocycles. The first-order valence-corrected chi connectivity index (χ1v) is 6.63. The summed E-state index contributed by atoms with van der Waals surface area (Å²) in [4.78, 5) is 0. The molecule has 6 nitrogen and oxygen atoms in total. The third kappa shape index (κ3) is 2.65. The maximum atomic E-state index is 11.2. The van der Waals surface area contributed by atoms with Crippen LogP contribution in [-0.2, 0) is 0 Å². The monoisotopic (exact) mass is 296 g/mol. The molecule has 6 heteroatoms. The number of ether oxygens (including phenoxy) is 1. The number of hydrogen-bond acceptors (Lipinski definition) is 5. The molecule has 3 aromatic rings. The standard InChI is InChI=1S/C16H14N3O3/c1-22-14-8-6-13(7-9-14)18-11-12(10-17-18)15-4-2-3-5-16(15)19(20)21/h2-11,20H,1H3/q-1. The Hall–Kier alpha value is -2.83. The van der Waals surface area contributed by atoms with E-state index >= 15 is 0 Å². The first kappa shape index (κ1) is 14.1. The van der Waals surface area contributed by atoms with Crippen LogP contribution in [0.5, 0.6) is 5.75 Å². The molecule has 0 radical (unpaired) electrons. The topological polar surface area (TPSA) is 73.6 Å². The van der Waals surface area contributed by atoms with Gasteiger partial charge < -0.3 is 15.2 Å². The predicted octanol–water partition coefficient (Wildman–Crippen LogP) is 3.24. The second-order valence-corrected chi connectivity index (χ2v) is 4.66. The Kier molecular flexibility index (Phi) is 3.78. The Morgan fingerprint density at radius 1 is 1.14 bits per heavy atom. The highest BCUT2D eigenvalue weighted by Crippen LogP contribution is 2.30. The molecule has 0 spiro atoms. The van der Waals surface area contributed by atoms with E-state index in [-0.39, 0.29) is 10.9 Å². The highest BCUT2D eigenvalue weighted by molar-refractivity contribution is 5.77. The van der Waals surface area contributed by atoms with E-state index < -0.39 is 0 Å². The van der Waals surface area contributed by atoms with Gasteiger partial charge in [0.25, 0.3) is 0 Å². The summed E-state index contributed by atoms with van der Waals surface area (Å²) in [6, 6.07) is 14.2. The second-order valence-electron chi connectivity index (χ2n) is 4.66. The first-order valence-electron chi connectivity index (χ1n) is 6.63. The number of hydrogen-bond donors (Lipinski definition) is 1. The molecule has 0 amide bonds. The lowest BCUT2D eigenvalue weighted by Crippen LogP contribution is -2.08. The van der Waals surface area contributed by atoms with Gasteiger partial charge in [0, 0.05) is 17.3 Å². The minimum atomic E-state index is -0.139. The van der Waals surface area contributed by atoms with E-state index in [1.165, 1.54) is 0 Å². The maximum absolute atomic E-state index is 11.2. The summed E-state index contributed by atoms with van der Waals surface area (Å²) in [6.45, 7) is 0. The van der Waals surface area contributed by atoms with Crippen LogP contribution < -0.4 is 9.96 Å². The molecule has 22 heavy (non-hydrogen) atoms. The Labute approximate surface area is 127 Å². The van der Waals surface area contributed by atoms with Crippen LogP contribution >= 0.6 is 0 Å². The summed E-state index contributed by atoms with van der Waals surface area (Å²) in [6.07, 6.45) is 3.44. The van der Waals surface area contributed by atoms with Gasteiger partial charge in [-0.2, -0.15) is 5.10 Å². The number of rotatable bonds is 4. The van der Waals surface area contributed by atoms with E-state index in [0.29, 0.717) is 5.56 Å². The quantitative estimate of drug-likeness (QED) is 0.748. The van der Waals surface area contributed by atoms with Crippen molar-refractivity contribution in [1.82, 2.24) is 9.78 Å². The van der Waals surface area contributed by atoms with Crippen molar-refractivity contribution in [3.8, 4) is 22.6 Å². The maximum Gasteiger partial charge on any atom is 0.119 e. The van der Waals surface area contributed by atoms with Gasteiger partial charge in [0.2, 0.25) is 0 Å². The van der Waals surface area contributed by atoms with Crippen molar-refractivity contribution >= 4 is 5.69 Å². The molecule has 112 valence electrons. The molecule has 0 unspecified atom stereocenters. The first-order chi connectivity index (χ1) is 10.7. The van der Waals surface area contributed by atoms with Crippen LogP contribution in [0.25, 0.3) is 16.8 Å². The van der Waals surface area contributed by atoms with Crippen molar-refractivity contribution in [1.29, 1.82) is 0 Å².